The maximum atomic E-state index is 12.3. The molecule has 1 atom stereocenters. The SMILES string of the molecule is CCCC(NC(=O)c1cccc2c1CCCN2)C(=O)O. The quantitative estimate of drug-likeness (QED) is 0.769. The van der Waals surface area contributed by atoms with Gasteiger partial charge < -0.3 is 15.7 Å². The molecule has 0 saturated carbocycles. The average molecular weight is 276 g/mol. The second-order valence-corrected chi connectivity index (χ2v) is 5.01. The van der Waals surface area contributed by atoms with Crippen LogP contribution in [0.4, 0.5) is 5.69 Å². The minimum Gasteiger partial charge on any atom is -0.480 e. The van der Waals surface area contributed by atoms with E-state index in [0.29, 0.717) is 18.4 Å². The minimum absolute atomic E-state index is 0.300. The molecule has 0 bridgehead atoms. The number of hydrogen-bond acceptors (Lipinski definition) is 3. The summed E-state index contributed by atoms with van der Waals surface area (Å²) in [7, 11) is 0. The minimum atomic E-state index is -0.983. The number of fused-ring (bicyclic) bond motifs is 1. The molecule has 3 N–H and O–H groups in total. The monoisotopic (exact) mass is 276 g/mol. The highest BCUT2D eigenvalue weighted by molar-refractivity contribution is 5.99. The van der Waals surface area contributed by atoms with Crippen molar-refractivity contribution < 1.29 is 14.7 Å². The topological polar surface area (TPSA) is 78.4 Å². The van der Waals surface area contributed by atoms with Crippen LogP contribution in [0.3, 0.4) is 0 Å². The molecule has 1 aromatic carbocycles. The molecule has 1 aliphatic heterocycles. The molecule has 0 spiro atoms. The third-order valence-electron chi connectivity index (χ3n) is 3.52. The van der Waals surface area contributed by atoms with Crippen molar-refractivity contribution >= 4 is 17.6 Å². The van der Waals surface area contributed by atoms with Crippen molar-refractivity contribution in [1.82, 2.24) is 5.32 Å². The molecule has 0 aliphatic carbocycles. The molecule has 0 aromatic heterocycles. The van der Waals surface area contributed by atoms with E-state index in [1.807, 2.05) is 19.1 Å². The van der Waals surface area contributed by atoms with Gasteiger partial charge in [0.05, 0.1) is 0 Å². The zero-order chi connectivity index (χ0) is 14.5. The number of carboxylic acids is 1. The Balaban J connectivity index is 2.19. The number of rotatable bonds is 5. The lowest BCUT2D eigenvalue weighted by molar-refractivity contribution is -0.139. The molecule has 5 heteroatoms. The summed E-state index contributed by atoms with van der Waals surface area (Å²) >= 11 is 0. The van der Waals surface area contributed by atoms with Gasteiger partial charge in [-0.25, -0.2) is 4.79 Å². The van der Waals surface area contributed by atoms with Crippen molar-refractivity contribution in [3.63, 3.8) is 0 Å². The second kappa shape index (κ2) is 6.41. The number of carboxylic acid groups (broad SMARTS) is 1. The van der Waals surface area contributed by atoms with Crippen molar-refractivity contribution in [2.75, 3.05) is 11.9 Å². The van der Waals surface area contributed by atoms with E-state index in [1.54, 1.807) is 6.07 Å². The number of hydrogen-bond donors (Lipinski definition) is 3. The van der Waals surface area contributed by atoms with Gasteiger partial charge in [-0.05, 0) is 37.0 Å². The predicted octanol–water partition coefficient (Wildman–Crippen LogP) is 2.03. The van der Waals surface area contributed by atoms with Crippen molar-refractivity contribution in [3.05, 3.63) is 29.3 Å². The average Bonchev–Trinajstić information content (AvgIpc) is 2.46. The Hall–Kier alpha value is -2.04. The van der Waals surface area contributed by atoms with Crippen LogP contribution in [-0.2, 0) is 11.2 Å². The summed E-state index contributed by atoms with van der Waals surface area (Å²) in [4.78, 5) is 23.4. The zero-order valence-corrected chi connectivity index (χ0v) is 11.6. The van der Waals surface area contributed by atoms with Gasteiger partial charge in [-0.1, -0.05) is 19.4 Å². The Bertz CT molecular complexity index is 514. The highest BCUT2D eigenvalue weighted by atomic mass is 16.4. The molecule has 1 amide bonds. The normalized spacial score (nSPS) is 14.8. The molecule has 0 fully saturated rings. The summed E-state index contributed by atoms with van der Waals surface area (Å²) in [6.07, 6.45) is 2.98. The van der Waals surface area contributed by atoms with Gasteiger partial charge in [0.2, 0.25) is 0 Å². The van der Waals surface area contributed by atoms with E-state index in [9.17, 15) is 9.59 Å². The number of carbonyl (C=O) groups excluding carboxylic acids is 1. The van der Waals surface area contributed by atoms with E-state index in [2.05, 4.69) is 10.6 Å². The maximum absolute atomic E-state index is 12.3. The van der Waals surface area contributed by atoms with Gasteiger partial charge in [-0.2, -0.15) is 0 Å². The Kier molecular flexibility index (Phi) is 4.61. The first kappa shape index (κ1) is 14.4. The first-order chi connectivity index (χ1) is 9.63. The smallest absolute Gasteiger partial charge is 0.326 e. The van der Waals surface area contributed by atoms with Gasteiger partial charge in [-0.3, -0.25) is 4.79 Å². The van der Waals surface area contributed by atoms with E-state index in [1.165, 1.54) is 0 Å². The van der Waals surface area contributed by atoms with Crippen LogP contribution in [0.5, 0.6) is 0 Å². The van der Waals surface area contributed by atoms with Gasteiger partial charge in [0.1, 0.15) is 6.04 Å². The molecule has 1 aliphatic rings. The second-order valence-electron chi connectivity index (χ2n) is 5.01. The highest BCUT2D eigenvalue weighted by Crippen LogP contribution is 2.25. The van der Waals surface area contributed by atoms with Crippen molar-refractivity contribution in [2.45, 2.75) is 38.6 Å². The van der Waals surface area contributed by atoms with Gasteiger partial charge in [0.25, 0.3) is 5.91 Å². The van der Waals surface area contributed by atoms with Gasteiger partial charge in [-0.15, -0.1) is 0 Å². The number of benzene rings is 1. The first-order valence-corrected chi connectivity index (χ1v) is 7.03. The van der Waals surface area contributed by atoms with Crippen LogP contribution in [0.1, 0.15) is 42.1 Å². The van der Waals surface area contributed by atoms with E-state index in [4.69, 9.17) is 5.11 Å². The maximum Gasteiger partial charge on any atom is 0.326 e. The number of nitrogens with one attached hydrogen (secondary N) is 2. The lowest BCUT2D eigenvalue weighted by atomic mass is 9.97. The molecule has 108 valence electrons. The zero-order valence-electron chi connectivity index (χ0n) is 11.6. The van der Waals surface area contributed by atoms with Crippen molar-refractivity contribution in [1.29, 1.82) is 0 Å². The fourth-order valence-electron chi connectivity index (χ4n) is 2.50. The molecule has 20 heavy (non-hydrogen) atoms. The van der Waals surface area contributed by atoms with E-state index < -0.39 is 12.0 Å². The number of anilines is 1. The fourth-order valence-corrected chi connectivity index (χ4v) is 2.50. The highest BCUT2D eigenvalue weighted by Gasteiger charge is 2.22. The third-order valence-corrected chi connectivity index (χ3v) is 3.52. The van der Waals surface area contributed by atoms with Crippen LogP contribution in [0.2, 0.25) is 0 Å². The van der Waals surface area contributed by atoms with Gasteiger partial charge in [0.15, 0.2) is 0 Å². The third kappa shape index (κ3) is 3.10. The van der Waals surface area contributed by atoms with Crippen LogP contribution in [-0.4, -0.2) is 29.6 Å². The van der Waals surface area contributed by atoms with Crippen LogP contribution >= 0.6 is 0 Å². The Morgan fingerprint density at radius 1 is 1.45 bits per heavy atom. The Morgan fingerprint density at radius 2 is 2.25 bits per heavy atom. The molecule has 0 radical (unpaired) electrons. The summed E-state index contributed by atoms with van der Waals surface area (Å²) in [6, 6.07) is 4.71. The Morgan fingerprint density at radius 3 is 2.95 bits per heavy atom. The standard InChI is InChI=1S/C15H20N2O3/c1-2-5-13(15(19)20)17-14(18)11-6-3-8-12-10(11)7-4-9-16-12/h3,6,8,13,16H,2,4-5,7,9H2,1H3,(H,17,18)(H,19,20). The Labute approximate surface area is 118 Å². The first-order valence-electron chi connectivity index (χ1n) is 7.03. The number of amides is 1. The van der Waals surface area contributed by atoms with E-state index in [-0.39, 0.29) is 5.91 Å². The summed E-state index contributed by atoms with van der Waals surface area (Å²) in [5.74, 6) is -1.28. The van der Waals surface area contributed by atoms with Crippen molar-refractivity contribution in [2.24, 2.45) is 0 Å². The predicted molar refractivity (Wildman–Crippen MR) is 77.1 cm³/mol. The summed E-state index contributed by atoms with van der Waals surface area (Å²) < 4.78 is 0. The number of aliphatic carboxylic acids is 1. The van der Waals surface area contributed by atoms with E-state index >= 15 is 0 Å². The largest absolute Gasteiger partial charge is 0.480 e. The van der Waals surface area contributed by atoms with Gasteiger partial charge in [0, 0.05) is 17.8 Å². The molecular formula is C15H20N2O3. The molecule has 1 unspecified atom stereocenters. The molecular weight excluding hydrogens is 256 g/mol. The van der Waals surface area contributed by atoms with E-state index in [0.717, 1.165) is 30.6 Å². The van der Waals surface area contributed by atoms with Crippen LogP contribution in [0.15, 0.2) is 18.2 Å². The molecule has 2 rings (SSSR count). The van der Waals surface area contributed by atoms with Gasteiger partial charge >= 0.3 is 5.97 Å². The molecule has 5 nitrogen and oxygen atoms in total. The molecule has 1 heterocycles. The lowest BCUT2D eigenvalue weighted by Crippen LogP contribution is -2.41. The fraction of sp³-hybridized carbons (Fsp3) is 0.467. The van der Waals surface area contributed by atoms with Crippen LogP contribution < -0.4 is 10.6 Å². The summed E-state index contributed by atoms with van der Waals surface area (Å²) in [6.45, 7) is 2.81. The molecule has 0 saturated heterocycles. The van der Waals surface area contributed by atoms with Crippen LogP contribution in [0, 0.1) is 0 Å². The lowest BCUT2D eigenvalue weighted by Gasteiger charge is -2.21. The summed E-state index contributed by atoms with van der Waals surface area (Å²) in [5.41, 5.74) is 2.54. The van der Waals surface area contributed by atoms with Crippen LogP contribution in [0.25, 0.3) is 0 Å². The molecule has 1 aromatic rings. The van der Waals surface area contributed by atoms with Crippen molar-refractivity contribution in [3.8, 4) is 0 Å². The summed E-state index contributed by atoms with van der Waals surface area (Å²) in [5, 5.41) is 15.0. The number of carbonyl (C=O) groups is 2.